The second-order valence-electron chi connectivity index (χ2n) is 7.28. The second kappa shape index (κ2) is 9.30. The van der Waals surface area contributed by atoms with Gasteiger partial charge in [-0.2, -0.15) is 0 Å². The molecule has 0 saturated heterocycles. The minimum atomic E-state index is -3.39. The molecule has 0 spiro atoms. The Morgan fingerprint density at radius 1 is 1.00 bits per heavy atom. The molecule has 3 rings (SSSR count). The average molecular weight is 427 g/mol. The van der Waals surface area contributed by atoms with Crippen molar-refractivity contribution in [2.24, 2.45) is 0 Å². The number of benzene rings is 3. The van der Waals surface area contributed by atoms with Crippen LogP contribution >= 0.6 is 0 Å². The van der Waals surface area contributed by atoms with Crippen molar-refractivity contribution in [2.75, 3.05) is 19.5 Å². The Labute approximate surface area is 177 Å². The van der Waals surface area contributed by atoms with E-state index >= 15 is 0 Å². The molecule has 0 aliphatic heterocycles. The molecule has 158 valence electrons. The lowest BCUT2D eigenvalue weighted by Crippen LogP contribution is -2.17. The lowest BCUT2D eigenvalue weighted by atomic mass is 9.96. The fraction of sp³-hybridized carbons (Fsp3) is 0.292. The van der Waals surface area contributed by atoms with Crippen molar-refractivity contribution in [3.05, 3.63) is 71.8 Å². The van der Waals surface area contributed by atoms with E-state index in [2.05, 4.69) is 0 Å². The second-order valence-corrected chi connectivity index (χ2v) is 9.39. The van der Waals surface area contributed by atoms with Gasteiger partial charge in [-0.3, -0.25) is 4.79 Å². The molecule has 30 heavy (non-hydrogen) atoms. The molecule has 3 aromatic carbocycles. The molecule has 0 fully saturated rings. The van der Waals surface area contributed by atoms with Crippen LogP contribution in [0.15, 0.2) is 65.6 Å². The Balaban J connectivity index is 1.61. The monoisotopic (exact) mass is 426 g/mol. The maximum absolute atomic E-state index is 12.6. The van der Waals surface area contributed by atoms with Crippen molar-refractivity contribution in [1.82, 2.24) is 0 Å². The topological polar surface area (TPSA) is 69.7 Å². The fourth-order valence-corrected chi connectivity index (χ4v) is 4.65. The van der Waals surface area contributed by atoms with Gasteiger partial charge in [-0.1, -0.05) is 54.1 Å². The number of esters is 1. The number of fused-ring (bicyclic) bond motifs is 1. The van der Waals surface area contributed by atoms with Gasteiger partial charge < -0.3 is 9.47 Å². The summed E-state index contributed by atoms with van der Waals surface area (Å²) in [5, 5.41) is 1.96. The molecule has 0 aliphatic carbocycles. The van der Waals surface area contributed by atoms with Crippen LogP contribution < -0.4 is 4.74 Å². The van der Waals surface area contributed by atoms with E-state index in [0.29, 0.717) is 5.75 Å². The van der Waals surface area contributed by atoms with E-state index in [1.807, 2.05) is 43.3 Å². The summed E-state index contributed by atoms with van der Waals surface area (Å²) in [6, 6.07) is 18.4. The maximum atomic E-state index is 12.6. The van der Waals surface area contributed by atoms with Gasteiger partial charge in [0.1, 0.15) is 5.75 Å². The number of carbonyl (C=O) groups is 1. The van der Waals surface area contributed by atoms with Crippen LogP contribution in [0.25, 0.3) is 10.8 Å². The molecule has 1 atom stereocenters. The van der Waals surface area contributed by atoms with E-state index in [-0.39, 0.29) is 23.7 Å². The first-order chi connectivity index (χ1) is 14.3. The molecule has 0 aliphatic rings. The molecule has 5 nitrogen and oxygen atoms in total. The van der Waals surface area contributed by atoms with Gasteiger partial charge in [0.05, 0.1) is 30.3 Å². The van der Waals surface area contributed by atoms with Crippen LogP contribution in [0.1, 0.15) is 30.4 Å². The highest BCUT2D eigenvalue weighted by Crippen LogP contribution is 2.34. The van der Waals surface area contributed by atoms with Gasteiger partial charge in [0.15, 0.2) is 9.84 Å². The number of methoxy groups -OCH3 is 1. The van der Waals surface area contributed by atoms with Crippen molar-refractivity contribution in [1.29, 1.82) is 0 Å². The van der Waals surface area contributed by atoms with Gasteiger partial charge in [0, 0.05) is 10.9 Å². The molecule has 0 amide bonds. The molecule has 3 aromatic rings. The largest absolute Gasteiger partial charge is 0.496 e. The number of hydrogen-bond donors (Lipinski definition) is 0. The van der Waals surface area contributed by atoms with E-state index in [4.69, 9.17) is 9.47 Å². The maximum Gasteiger partial charge on any atom is 0.313 e. The van der Waals surface area contributed by atoms with Crippen molar-refractivity contribution in [3.8, 4) is 5.75 Å². The number of carbonyl (C=O) groups excluding carboxylic acids is 1. The quantitative estimate of drug-likeness (QED) is 0.387. The molecule has 0 bridgehead atoms. The number of aryl methyl sites for hydroxylation is 1. The highest BCUT2D eigenvalue weighted by Gasteiger charge is 2.22. The minimum absolute atomic E-state index is 0.0458. The van der Waals surface area contributed by atoms with Crippen molar-refractivity contribution in [3.63, 3.8) is 0 Å². The molecule has 0 heterocycles. The Kier molecular flexibility index (Phi) is 6.77. The van der Waals surface area contributed by atoms with Gasteiger partial charge >= 0.3 is 5.97 Å². The van der Waals surface area contributed by atoms with E-state index < -0.39 is 21.7 Å². The first-order valence-corrected chi connectivity index (χ1v) is 11.5. The number of rotatable bonds is 8. The van der Waals surface area contributed by atoms with Gasteiger partial charge in [-0.25, -0.2) is 8.42 Å². The summed E-state index contributed by atoms with van der Waals surface area (Å²) in [5.74, 6) is -0.356. The van der Waals surface area contributed by atoms with Crippen LogP contribution in [-0.2, 0) is 19.4 Å². The Hall–Kier alpha value is -2.86. The lowest BCUT2D eigenvalue weighted by molar-refractivity contribution is -0.145. The third kappa shape index (κ3) is 4.82. The standard InChI is InChI=1S/C24H26O5S/c1-17-9-12-20(13-10-17)30(26,27)16-6-15-29-24(25)18(2)21-14-11-19-7-4-5-8-22(19)23(21)28-3/h4-5,7-14,18H,6,15-16H2,1-3H3/t18-/m0/s1. The normalized spacial score (nSPS) is 12.5. The Morgan fingerprint density at radius 2 is 1.70 bits per heavy atom. The molecule has 0 unspecified atom stereocenters. The predicted molar refractivity (Wildman–Crippen MR) is 118 cm³/mol. The van der Waals surface area contributed by atoms with Crippen molar-refractivity contribution >= 4 is 26.6 Å². The third-order valence-electron chi connectivity index (χ3n) is 5.12. The van der Waals surface area contributed by atoms with Crippen LogP contribution in [0, 0.1) is 6.92 Å². The first-order valence-electron chi connectivity index (χ1n) is 9.85. The van der Waals surface area contributed by atoms with E-state index in [1.165, 1.54) is 0 Å². The number of ether oxygens (including phenoxy) is 2. The molecule has 0 radical (unpaired) electrons. The zero-order valence-electron chi connectivity index (χ0n) is 17.4. The molecular weight excluding hydrogens is 400 g/mol. The Morgan fingerprint density at radius 3 is 2.40 bits per heavy atom. The molecular formula is C24H26O5S. The highest BCUT2D eigenvalue weighted by atomic mass is 32.2. The van der Waals surface area contributed by atoms with E-state index in [1.54, 1.807) is 38.3 Å². The number of sulfone groups is 1. The Bertz CT molecular complexity index is 1130. The summed E-state index contributed by atoms with van der Waals surface area (Å²) in [4.78, 5) is 12.8. The molecule has 0 aromatic heterocycles. The fourth-order valence-electron chi connectivity index (χ4n) is 3.37. The van der Waals surface area contributed by atoms with Gasteiger partial charge in [0.2, 0.25) is 0 Å². The van der Waals surface area contributed by atoms with Crippen LogP contribution in [0.2, 0.25) is 0 Å². The first kappa shape index (κ1) is 21.8. The highest BCUT2D eigenvalue weighted by molar-refractivity contribution is 7.91. The summed E-state index contributed by atoms with van der Waals surface area (Å²) in [6.07, 6.45) is 0.240. The van der Waals surface area contributed by atoms with Crippen LogP contribution in [0.5, 0.6) is 5.75 Å². The predicted octanol–water partition coefficient (Wildman–Crippen LogP) is 4.67. The minimum Gasteiger partial charge on any atom is -0.496 e. The van der Waals surface area contributed by atoms with Gasteiger partial charge in [-0.15, -0.1) is 0 Å². The smallest absolute Gasteiger partial charge is 0.313 e. The molecule has 0 saturated carbocycles. The summed E-state index contributed by atoms with van der Waals surface area (Å²) in [6.45, 7) is 3.71. The van der Waals surface area contributed by atoms with Crippen LogP contribution in [0.3, 0.4) is 0 Å². The van der Waals surface area contributed by atoms with Crippen LogP contribution in [0.4, 0.5) is 0 Å². The van der Waals surface area contributed by atoms with Gasteiger partial charge in [0.25, 0.3) is 0 Å². The summed E-state index contributed by atoms with van der Waals surface area (Å²) in [7, 11) is -1.81. The van der Waals surface area contributed by atoms with Crippen LogP contribution in [-0.4, -0.2) is 33.9 Å². The summed E-state index contributed by atoms with van der Waals surface area (Å²) < 4.78 is 35.7. The SMILES string of the molecule is COc1c([C@H](C)C(=O)OCCCS(=O)(=O)c2ccc(C)cc2)ccc2ccccc12. The zero-order chi connectivity index (χ0) is 21.7. The van der Waals surface area contributed by atoms with Crippen molar-refractivity contribution in [2.45, 2.75) is 31.1 Å². The molecule has 0 N–H and O–H groups in total. The van der Waals surface area contributed by atoms with E-state index in [9.17, 15) is 13.2 Å². The number of hydrogen-bond acceptors (Lipinski definition) is 5. The average Bonchev–Trinajstić information content (AvgIpc) is 2.75. The summed E-state index contributed by atoms with van der Waals surface area (Å²) in [5.41, 5.74) is 1.74. The van der Waals surface area contributed by atoms with E-state index in [0.717, 1.165) is 21.9 Å². The molecule has 6 heteroatoms. The summed E-state index contributed by atoms with van der Waals surface area (Å²) >= 11 is 0. The van der Waals surface area contributed by atoms with Crippen molar-refractivity contribution < 1.29 is 22.7 Å². The zero-order valence-corrected chi connectivity index (χ0v) is 18.2. The lowest BCUT2D eigenvalue weighted by Gasteiger charge is -2.17. The third-order valence-corrected chi connectivity index (χ3v) is 6.93. The van der Waals surface area contributed by atoms with Gasteiger partial charge in [-0.05, 0) is 37.8 Å².